The molecular formula is C47H27N3O2. The first kappa shape index (κ1) is 28.7. The second-order valence-corrected chi connectivity index (χ2v) is 13.2. The van der Waals surface area contributed by atoms with Gasteiger partial charge in [0.15, 0.2) is 17.5 Å². The molecule has 0 saturated carbocycles. The van der Waals surface area contributed by atoms with E-state index < -0.39 is 0 Å². The first-order valence-corrected chi connectivity index (χ1v) is 17.3. The molecule has 0 unspecified atom stereocenters. The Hall–Kier alpha value is -7.11. The van der Waals surface area contributed by atoms with Gasteiger partial charge in [0.05, 0.1) is 0 Å². The van der Waals surface area contributed by atoms with Gasteiger partial charge in [-0.3, -0.25) is 0 Å². The minimum Gasteiger partial charge on any atom is -0.456 e. The topological polar surface area (TPSA) is 65.0 Å². The van der Waals surface area contributed by atoms with E-state index in [0.29, 0.717) is 17.5 Å². The fourth-order valence-corrected chi connectivity index (χ4v) is 7.52. The fraction of sp³-hybridized carbons (Fsp3) is 0. The van der Waals surface area contributed by atoms with Crippen LogP contribution in [0.3, 0.4) is 0 Å². The van der Waals surface area contributed by atoms with Crippen molar-refractivity contribution in [1.82, 2.24) is 15.0 Å². The minimum atomic E-state index is 0.586. The number of para-hydroxylation sites is 2. The van der Waals surface area contributed by atoms with Crippen LogP contribution in [0.1, 0.15) is 0 Å². The molecule has 3 heterocycles. The van der Waals surface area contributed by atoms with Crippen LogP contribution >= 0.6 is 0 Å². The van der Waals surface area contributed by atoms with Crippen molar-refractivity contribution in [3.05, 3.63) is 164 Å². The van der Waals surface area contributed by atoms with Crippen molar-refractivity contribution >= 4 is 65.4 Å². The fourth-order valence-electron chi connectivity index (χ4n) is 7.52. The number of hydrogen-bond donors (Lipinski definition) is 0. The molecule has 5 nitrogen and oxygen atoms in total. The molecule has 11 rings (SSSR count). The summed E-state index contributed by atoms with van der Waals surface area (Å²) >= 11 is 0. The predicted molar refractivity (Wildman–Crippen MR) is 211 cm³/mol. The molecule has 0 fully saturated rings. The first-order chi connectivity index (χ1) is 25.7. The molecule has 0 saturated heterocycles. The second kappa shape index (κ2) is 11.2. The molecule has 0 spiro atoms. The SMILES string of the molecule is c1ccc(-c2ccc3ccc(-c4nc(-c5ccc6cc7c(cc6c5)oc5ccccc57)nc(-c5cccc6oc7ccccc7c56)n4)cc3c2)cc1. The van der Waals surface area contributed by atoms with E-state index in [0.717, 1.165) is 87.7 Å². The quantitative estimate of drug-likeness (QED) is 0.187. The average Bonchev–Trinajstić information content (AvgIpc) is 3.77. The molecule has 0 atom stereocenters. The van der Waals surface area contributed by atoms with E-state index in [1.165, 1.54) is 5.56 Å². The zero-order chi connectivity index (χ0) is 34.2. The van der Waals surface area contributed by atoms with E-state index in [1.54, 1.807) is 0 Å². The lowest BCUT2D eigenvalue weighted by Crippen LogP contribution is -2.00. The summed E-state index contributed by atoms with van der Waals surface area (Å²) in [4.78, 5) is 15.5. The second-order valence-electron chi connectivity index (χ2n) is 13.2. The van der Waals surface area contributed by atoms with E-state index in [9.17, 15) is 0 Å². The van der Waals surface area contributed by atoms with E-state index in [1.807, 2.05) is 54.6 Å². The highest BCUT2D eigenvalue weighted by Gasteiger charge is 2.18. The molecule has 3 aromatic heterocycles. The van der Waals surface area contributed by atoms with Gasteiger partial charge in [-0.2, -0.15) is 0 Å². The van der Waals surface area contributed by atoms with E-state index in [2.05, 4.69) is 109 Å². The smallest absolute Gasteiger partial charge is 0.164 e. The maximum atomic E-state index is 6.27. The van der Waals surface area contributed by atoms with Crippen LogP contribution in [0.4, 0.5) is 0 Å². The van der Waals surface area contributed by atoms with Crippen molar-refractivity contribution in [1.29, 1.82) is 0 Å². The molecule has 0 aliphatic rings. The first-order valence-electron chi connectivity index (χ1n) is 17.3. The third-order valence-corrected chi connectivity index (χ3v) is 10.1. The van der Waals surface area contributed by atoms with Crippen molar-refractivity contribution < 1.29 is 8.83 Å². The van der Waals surface area contributed by atoms with Crippen LogP contribution in [0.25, 0.3) is 111 Å². The van der Waals surface area contributed by atoms with Gasteiger partial charge in [0.25, 0.3) is 0 Å². The van der Waals surface area contributed by atoms with Crippen molar-refractivity contribution in [2.24, 2.45) is 0 Å². The lowest BCUT2D eigenvalue weighted by Gasteiger charge is -2.11. The Morgan fingerprint density at radius 2 is 0.885 bits per heavy atom. The summed E-state index contributed by atoms with van der Waals surface area (Å²) in [5, 5.41) is 8.67. The molecule has 0 aliphatic heterocycles. The van der Waals surface area contributed by atoms with Gasteiger partial charge < -0.3 is 8.83 Å². The van der Waals surface area contributed by atoms with Gasteiger partial charge in [-0.05, 0) is 81.2 Å². The highest BCUT2D eigenvalue weighted by molar-refractivity contribution is 6.12. The van der Waals surface area contributed by atoms with Crippen LogP contribution in [0.5, 0.6) is 0 Å². The van der Waals surface area contributed by atoms with Gasteiger partial charge >= 0.3 is 0 Å². The van der Waals surface area contributed by atoms with E-state index in [-0.39, 0.29) is 0 Å². The third-order valence-electron chi connectivity index (χ3n) is 10.1. The molecular weight excluding hydrogens is 639 g/mol. The van der Waals surface area contributed by atoms with Gasteiger partial charge in [-0.25, -0.2) is 15.0 Å². The molecule has 0 N–H and O–H groups in total. The predicted octanol–water partition coefficient (Wildman–Crippen LogP) is 12.6. The molecule has 8 aromatic carbocycles. The van der Waals surface area contributed by atoms with Crippen molar-refractivity contribution in [2.75, 3.05) is 0 Å². The van der Waals surface area contributed by atoms with E-state index in [4.69, 9.17) is 23.8 Å². The highest BCUT2D eigenvalue weighted by Crippen LogP contribution is 2.38. The van der Waals surface area contributed by atoms with Crippen molar-refractivity contribution in [2.45, 2.75) is 0 Å². The summed E-state index contributed by atoms with van der Waals surface area (Å²) in [6, 6.07) is 56.5. The Bertz CT molecular complexity index is 3190. The zero-order valence-electron chi connectivity index (χ0n) is 27.7. The minimum absolute atomic E-state index is 0.586. The van der Waals surface area contributed by atoms with Crippen molar-refractivity contribution in [3.63, 3.8) is 0 Å². The molecule has 0 aliphatic carbocycles. The Labute approximate surface area is 297 Å². The summed E-state index contributed by atoms with van der Waals surface area (Å²) < 4.78 is 12.5. The van der Waals surface area contributed by atoms with Gasteiger partial charge in [0, 0.05) is 38.2 Å². The summed E-state index contributed by atoms with van der Waals surface area (Å²) in [6.45, 7) is 0. The third kappa shape index (κ3) is 4.60. The van der Waals surface area contributed by atoms with Gasteiger partial charge in [-0.1, -0.05) is 115 Å². The molecule has 52 heavy (non-hydrogen) atoms. The van der Waals surface area contributed by atoms with Gasteiger partial charge in [-0.15, -0.1) is 0 Å². The summed E-state index contributed by atoms with van der Waals surface area (Å²) in [5.74, 6) is 1.78. The highest BCUT2D eigenvalue weighted by atomic mass is 16.3. The lowest BCUT2D eigenvalue weighted by molar-refractivity contribution is 0.669. The van der Waals surface area contributed by atoms with Gasteiger partial charge in [0.1, 0.15) is 22.3 Å². The Morgan fingerprint density at radius 3 is 1.67 bits per heavy atom. The number of benzene rings is 8. The van der Waals surface area contributed by atoms with Crippen LogP contribution in [-0.4, -0.2) is 15.0 Å². The van der Waals surface area contributed by atoms with Crippen molar-refractivity contribution in [3.8, 4) is 45.3 Å². The van der Waals surface area contributed by atoms with Crippen LogP contribution in [-0.2, 0) is 0 Å². The summed E-state index contributed by atoms with van der Waals surface area (Å²) in [5.41, 5.74) is 8.40. The maximum absolute atomic E-state index is 6.27. The number of aromatic nitrogens is 3. The van der Waals surface area contributed by atoms with Crippen LogP contribution in [0.2, 0.25) is 0 Å². The summed E-state index contributed by atoms with van der Waals surface area (Å²) in [6.07, 6.45) is 0. The number of nitrogens with zero attached hydrogens (tertiary/aromatic N) is 3. The number of rotatable bonds is 4. The Morgan fingerprint density at radius 1 is 0.308 bits per heavy atom. The van der Waals surface area contributed by atoms with Crippen LogP contribution in [0.15, 0.2) is 173 Å². The van der Waals surface area contributed by atoms with Crippen LogP contribution in [0, 0.1) is 0 Å². The van der Waals surface area contributed by atoms with E-state index >= 15 is 0 Å². The number of hydrogen-bond acceptors (Lipinski definition) is 5. The largest absolute Gasteiger partial charge is 0.456 e. The molecule has 0 bridgehead atoms. The number of fused-ring (bicyclic) bond motifs is 8. The monoisotopic (exact) mass is 665 g/mol. The molecule has 242 valence electrons. The Kier molecular flexibility index (Phi) is 6.18. The molecule has 0 amide bonds. The standard InChI is InChI=1S/C47H27N3O2/c1-2-9-28(10-3-1)30-19-17-29-18-21-32(24-34(29)23-30)45-48-46(50-47(49-45)38-13-8-16-42-44(38)37-12-5-7-15-41(37)51-42)33-22-20-31-26-39-36-11-4-6-14-40(36)52-43(39)27-35(31)25-33/h1-27H. The number of furan rings is 2. The molecule has 11 aromatic rings. The average molecular weight is 666 g/mol. The zero-order valence-corrected chi connectivity index (χ0v) is 27.7. The maximum Gasteiger partial charge on any atom is 0.164 e. The summed E-state index contributed by atoms with van der Waals surface area (Å²) in [7, 11) is 0. The lowest BCUT2D eigenvalue weighted by atomic mass is 9.99. The molecule has 0 radical (unpaired) electrons. The Balaban J connectivity index is 1.12. The van der Waals surface area contributed by atoms with Crippen LogP contribution < -0.4 is 0 Å². The normalized spacial score (nSPS) is 11.8. The molecule has 5 heteroatoms. The van der Waals surface area contributed by atoms with Gasteiger partial charge in [0.2, 0.25) is 0 Å².